The summed E-state index contributed by atoms with van der Waals surface area (Å²) < 4.78 is 39.9. The Morgan fingerprint density at radius 1 is 1.00 bits per heavy atom. The highest BCUT2D eigenvalue weighted by Gasteiger charge is 2.31. The van der Waals surface area contributed by atoms with Crippen LogP contribution in [0.5, 0.6) is 0 Å². The zero-order valence-electron chi connectivity index (χ0n) is 18.3. The third-order valence-corrected chi connectivity index (χ3v) is 5.84. The van der Waals surface area contributed by atoms with Gasteiger partial charge >= 0.3 is 6.18 Å². The van der Waals surface area contributed by atoms with E-state index in [1.165, 1.54) is 12.1 Å². The molecule has 172 valence electrons. The number of benzene rings is 2. The lowest BCUT2D eigenvalue weighted by atomic mass is 9.96. The van der Waals surface area contributed by atoms with Crippen LogP contribution in [-0.2, 0) is 19.1 Å². The molecule has 0 bridgehead atoms. The van der Waals surface area contributed by atoms with Gasteiger partial charge in [-0.2, -0.15) is 13.2 Å². The summed E-state index contributed by atoms with van der Waals surface area (Å²) in [4.78, 5) is 22.3. The SMILES string of the molecule is Cc1cc(C(N)=O)nc(-c2ccc(Cc3ccc(C(F)(F)F)cc3CN3CCCC3)cc2)n1. The number of nitrogens with zero attached hydrogens (tertiary/aromatic N) is 3. The molecule has 1 saturated heterocycles. The van der Waals surface area contributed by atoms with Crippen LogP contribution in [0.2, 0.25) is 0 Å². The summed E-state index contributed by atoms with van der Waals surface area (Å²) in [5.41, 5.74) is 8.80. The van der Waals surface area contributed by atoms with Gasteiger partial charge in [0, 0.05) is 17.8 Å². The van der Waals surface area contributed by atoms with Gasteiger partial charge < -0.3 is 5.73 Å². The van der Waals surface area contributed by atoms with Gasteiger partial charge in [-0.1, -0.05) is 30.3 Å². The van der Waals surface area contributed by atoms with Crippen molar-refractivity contribution in [1.29, 1.82) is 0 Å². The average Bonchev–Trinajstić information content (AvgIpc) is 3.27. The van der Waals surface area contributed by atoms with Crippen LogP contribution in [0.4, 0.5) is 13.2 Å². The van der Waals surface area contributed by atoms with Crippen molar-refractivity contribution in [2.24, 2.45) is 5.73 Å². The third kappa shape index (κ3) is 5.57. The smallest absolute Gasteiger partial charge is 0.364 e. The summed E-state index contributed by atoms with van der Waals surface area (Å²) in [6, 6.07) is 13.1. The molecule has 0 atom stereocenters. The highest BCUT2D eigenvalue weighted by molar-refractivity contribution is 5.91. The molecule has 8 heteroatoms. The number of carbonyl (C=O) groups is 1. The maximum atomic E-state index is 13.3. The number of hydrogen-bond donors (Lipinski definition) is 1. The van der Waals surface area contributed by atoms with E-state index in [0.29, 0.717) is 30.0 Å². The van der Waals surface area contributed by atoms with Crippen LogP contribution in [0, 0.1) is 6.92 Å². The first-order chi connectivity index (χ1) is 15.7. The fraction of sp³-hybridized carbons (Fsp3) is 0.320. The summed E-state index contributed by atoms with van der Waals surface area (Å²) in [7, 11) is 0. The molecule has 1 aliphatic rings. The zero-order valence-corrected chi connectivity index (χ0v) is 18.3. The van der Waals surface area contributed by atoms with Gasteiger partial charge in [0.25, 0.3) is 5.91 Å². The maximum Gasteiger partial charge on any atom is 0.416 e. The Kier molecular flexibility index (Phi) is 6.47. The van der Waals surface area contributed by atoms with E-state index in [0.717, 1.165) is 48.7 Å². The molecule has 0 saturated carbocycles. The Morgan fingerprint density at radius 2 is 1.70 bits per heavy atom. The van der Waals surface area contributed by atoms with Crippen LogP contribution in [0.15, 0.2) is 48.5 Å². The normalized spacial score (nSPS) is 14.5. The van der Waals surface area contributed by atoms with Gasteiger partial charge in [0.2, 0.25) is 0 Å². The monoisotopic (exact) mass is 454 g/mol. The van der Waals surface area contributed by atoms with Crippen molar-refractivity contribution in [2.45, 2.75) is 38.9 Å². The van der Waals surface area contributed by atoms with E-state index in [1.807, 2.05) is 24.3 Å². The van der Waals surface area contributed by atoms with Gasteiger partial charge in [0.15, 0.2) is 5.82 Å². The number of aromatic nitrogens is 2. The minimum Gasteiger partial charge on any atom is -0.364 e. The number of amides is 1. The number of nitrogens with two attached hydrogens (primary N) is 1. The molecule has 0 radical (unpaired) electrons. The second kappa shape index (κ2) is 9.31. The molecule has 33 heavy (non-hydrogen) atoms. The predicted molar refractivity (Wildman–Crippen MR) is 119 cm³/mol. The minimum atomic E-state index is -4.36. The van der Waals surface area contributed by atoms with E-state index < -0.39 is 17.6 Å². The molecule has 1 aromatic heterocycles. The summed E-state index contributed by atoms with van der Waals surface area (Å²) in [5.74, 6) is -0.217. The number of primary amides is 1. The number of rotatable bonds is 6. The van der Waals surface area contributed by atoms with Gasteiger partial charge in [-0.15, -0.1) is 0 Å². The van der Waals surface area contributed by atoms with E-state index in [-0.39, 0.29) is 5.69 Å². The molecule has 3 aromatic rings. The minimum absolute atomic E-state index is 0.151. The summed E-state index contributed by atoms with van der Waals surface area (Å²) in [6.07, 6.45) is -1.69. The lowest BCUT2D eigenvalue weighted by Crippen LogP contribution is -2.20. The fourth-order valence-corrected chi connectivity index (χ4v) is 4.12. The number of likely N-dealkylation sites (tertiary alicyclic amines) is 1. The Balaban J connectivity index is 1.59. The number of hydrogen-bond acceptors (Lipinski definition) is 4. The van der Waals surface area contributed by atoms with Crippen molar-refractivity contribution in [3.8, 4) is 11.4 Å². The molecule has 4 rings (SSSR count). The first-order valence-corrected chi connectivity index (χ1v) is 10.9. The molecular weight excluding hydrogens is 429 g/mol. The number of alkyl halides is 3. The molecule has 2 N–H and O–H groups in total. The Morgan fingerprint density at radius 3 is 2.33 bits per heavy atom. The molecule has 0 spiro atoms. The van der Waals surface area contributed by atoms with Gasteiger partial charge in [-0.3, -0.25) is 9.69 Å². The Labute approximate surface area is 190 Å². The highest BCUT2D eigenvalue weighted by Crippen LogP contribution is 2.32. The second-order valence-corrected chi connectivity index (χ2v) is 8.42. The molecule has 1 fully saturated rings. The fourth-order valence-electron chi connectivity index (χ4n) is 4.12. The molecule has 5 nitrogen and oxygen atoms in total. The lowest BCUT2D eigenvalue weighted by Gasteiger charge is -2.19. The van der Waals surface area contributed by atoms with E-state index in [4.69, 9.17) is 5.73 Å². The number of carbonyl (C=O) groups excluding carboxylic acids is 1. The van der Waals surface area contributed by atoms with Gasteiger partial charge in [-0.05, 0) is 74.2 Å². The van der Waals surface area contributed by atoms with Crippen molar-refractivity contribution < 1.29 is 18.0 Å². The third-order valence-electron chi connectivity index (χ3n) is 5.84. The van der Waals surface area contributed by atoms with Crippen molar-refractivity contribution in [1.82, 2.24) is 14.9 Å². The van der Waals surface area contributed by atoms with Gasteiger partial charge in [0.1, 0.15) is 5.69 Å². The van der Waals surface area contributed by atoms with E-state index in [9.17, 15) is 18.0 Å². The van der Waals surface area contributed by atoms with Crippen LogP contribution in [0.25, 0.3) is 11.4 Å². The van der Waals surface area contributed by atoms with Crippen molar-refractivity contribution in [2.75, 3.05) is 13.1 Å². The van der Waals surface area contributed by atoms with Crippen LogP contribution in [0.1, 0.15) is 51.3 Å². The zero-order chi connectivity index (χ0) is 23.6. The van der Waals surface area contributed by atoms with E-state index in [1.54, 1.807) is 13.0 Å². The quantitative estimate of drug-likeness (QED) is 0.583. The molecule has 0 aliphatic carbocycles. The first-order valence-electron chi connectivity index (χ1n) is 10.9. The molecule has 0 unspecified atom stereocenters. The van der Waals surface area contributed by atoms with Crippen LogP contribution in [0.3, 0.4) is 0 Å². The molecule has 1 amide bonds. The predicted octanol–water partition coefficient (Wildman–Crippen LogP) is 4.76. The summed E-state index contributed by atoms with van der Waals surface area (Å²) in [6.45, 7) is 4.10. The largest absolute Gasteiger partial charge is 0.416 e. The van der Waals surface area contributed by atoms with Crippen molar-refractivity contribution in [3.05, 3.63) is 82.2 Å². The summed E-state index contributed by atoms with van der Waals surface area (Å²) in [5, 5.41) is 0. The number of halogens is 3. The van der Waals surface area contributed by atoms with Crippen molar-refractivity contribution in [3.63, 3.8) is 0 Å². The molecular formula is C25H25F3N4O. The second-order valence-electron chi connectivity index (χ2n) is 8.42. The Bertz CT molecular complexity index is 1150. The maximum absolute atomic E-state index is 13.3. The highest BCUT2D eigenvalue weighted by atomic mass is 19.4. The van der Waals surface area contributed by atoms with E-state index in [2.05, 4.69) is 14.9 Å². The van der Waals surface area contributed by atoms with Gasteiger partial charge in [-0.25, -0.2) is 9.97 Å². The average molecular weight is 454 g/mol. The molecule has 2 heterocycles. The molecule has 1 aliphatic heterocycles. The first kappa shape index (κ1) is 22.9. The van der Waals surface area contributed by atoms with Crippen LogP contribution >= 0.6 is 0 Å². The van der Waals surface area contributed by atoms with Crippen LogP contribution in [-0.4, -0.2) is 33.9 Å². The van der Waals surface area contributed by atoms with E-state index >= 15 is 0 Å². The topological polar surface area (TPSA) is 72.1 Å². The molecule has 2 aromatic carbocycles. The van der Waals surface area contributed by atoms with Crippen molar-refractivity contribution >= 4 is 5.91 Å². The van der Waals surface area contributed by atoms with Gasteiger partial charge in [0.05, 0.1) is 5.56 Å². The standard InChI is InChI=1S/C25H25F3N4O/c1-16-12-22(23(29)33)31-24(30-16)18-6-4-17(5-7-18)13-19-8-9-21(25(26,27)28)14-20(19)15-32-10-2-3-11-32/h4-9,12,14H,2-3,10-11,13,15H2,1H3,(H2,29,33). The Hall–Kier alpha value is -3.26. The van der Waals surface area contributed by atoms with Crippen LogP contribution < -0.4 is 5.73 Å². The summed E-state index contributed by atoms with van der Waals surface area (Å²) >= 11 is 0. The lowest BCUT2D eigenvalue weighted by molar-refractivity contribution is -0.137. The number of aryl methyl sites for hydroxylation is 1.